The smallest absolute Gasteiger partial charge is 0.0451 e. The molecule has 0 heterocycles. The molecule has 4 heteroatoms. The van der Waals surface area contributed by atoms with Crippen LogP contribution in [0.4, 0.5) is 0 Å². The highest BCUT2D eigenvalue weighted by molar-refractivity contribution is 6.33. The number of nitrogens with one attached hydrogen (secondary N) is 1. The van der Waals surface area contributed by atoms with E-state index in [2.05, 4.69) is 19.2 Å². The highest BCUT2D eigenvalue weighted by atomic mass is 35.5. The lowest BCUT2D eigenvalue weighted by Crippen LogP contribution is -2.33. The Morgan fingerprint density at radius 1 is 1.24 bits per heavy atom. The number of benzene rings is 1. The molecule has 0 saturated carbocycles. The molecule has 96 valence electrons. The second kappa shape index (κ2) is 7.48. The molecule has 1 nitrogen and oxygen atoms in total. The van der Waals surface area contributed by atoms with Crippen molar-refractivity contribution in [2.45, 2.75) is 32.9 Å². The van der Waals surface area contributed by atoms with Gasteiger partial charge in [-0.25, -0.2) is 0 Å². The molecule has 0 saturated heterocycles. The first kappa shape index (κ1) is 15.1. The van der Waals surface area contributed by atoms with Crippen molar-refractivity contribution in [2.24, 2.45) is 5.92 Å². The molecule has 1 unspecified atom stereocenters. The minimum Gasteiger partial charge on any atom is -0.310 e. The van der Waals surface area contributed by atoms with Crippen LogP contribution in [-0.4, -0.2) is 11.9 Å². The maximum absolute atomic E-state index is 6.11. The molecular formula is C13H18Cl3N. The van der Waals surface area contributed by atoms with Crippen LogP contribution in [0, 0.1) is 5.92 Å². The molecule has 0 fully saturated rings. The number of hydrogen-bond donors (Lipinski definition) is 1. The summed E-state index contributed by atoms with van der Waals surface area (Å²) in [5.41, 5.74) is 1.03. The van der Waals surface area contributed by atoms with Gasteiger partial charge >= 0.3 is 0 Å². The van der Waals surface area contributed by atoms with E-state index in [1.807, 2.05) is 12.1 Å². The van der Waals surface area contributed by atoms with Gasteiger partial charge in [0.25, 0.3) is 0 Å². The van der Waals surface area contributed by atoms with Crippen LogP contribution < -0.4 is 5.32 Å². The van der Waals surface area contributed by atoms with Gasteiger partial charge in [-0.05, 0) is 36.1 Å². The molecule has 1 N–H and O–H groups in total. The minimum absolute atomic E-state index is 0.405. The van der Waals surface area contributed by atoms with E-state index in [1.165, 1.54) is 0 Å². The van der Waals surface area contributed by atoms with Crippen molar-refractivity contribution in [1.29, 1.82) is 0 Å². The first-order valence-corrected chi connectivity index (χ1v) is 7.07. The summed E-state index contributed by atoms with van der Waals surface area (Å²) in [5.74, 6) is 1.21. The Bertz CT molecular complexity index is 353. The predicted octanol–water partition coefficient (Wildman–Crippen LogP) is 4.74. The van der Waals surface area contributed by atoms with Gasteiger partial charge in [-0.3, -0.25) is 0 Å². The molecule has 1 rings (SSSR count). The first-order chi connectivity index (χ1) is 8.04. The van der Waals surface area contributed by atoms with E-state index in [0.717, 1.165) is 23.6 Å². The van der Waals surface area contributed by atoms with Crippen molar-refractivity contribution in [3.05, 3.63) is 33.8 Å². The second-order valence-electron chi connectivity index (χ2n) is 4.44. The third-order valence-corrected chi connectivity index (χ3v) is 3.61. The Kier molecular flexibility index (Phi) is 6.65. The molecule has 0 aliphatic heterocycles. The fraction of sp³-hybridized carbons (Fsp3) is 0.538. The van der Waals surface area contributed by atoms with Gasteiger partial charge < -0.3 is 5.32 Å². The van der Waals surface area contributed by atoms with Crippen LogP contribution in [0.3, 0.4) is 0 Å². The van der Waals surface area contributed by atoms with Crippen molar-refractivity contribution in [1.82, 2.24) is 5.32 Å². The largest absolute Gasteiger partial charge is 0.310 e. The molecule has 0 aliphatic carbocycles. The van der Waals surface area contributed by atoms with Crippen molar-refractivity contribution in [3.63, 3.8) is 0 Å². The van der Waals surface area contributed by atoms with Gasteiger partial charge in [0.05, 0.1) is 0 Å². The van der Waals surface area contributed by atoms with E-state index < -0.39 is 0 Å². The van der Waals surface area contributed by atoms with Crippen molar-refractivity contribution in [3.8, 4) is 0 Å². The number of rotatable bonds is 6. The monoisotopic (exact) mass is 293 g/mol. The Balaban J connectivity index is 2.61. The van der Waals surface area contributed by atoms with Gasteiger partial charge in [0, 0.05) is 28.5 Å². The minimum atomic E-state index is 0.405. The van der Waals surface area contributed by atoms with Crippen LogP contribution in [-0.2, 0) is 6.54 Å². The standard InChI is InChI=1S/C13H18Cl3N/c1-9(2)13(5-6-14)17-8-10-7-11(15)3-4-12(10)16/h3-4,7,9,13,17H,5-6,8H2,1-2H3. The van der Waals surface area contributed by atoms with E-state index in [9.17, 15) is 0 Å². The number of alkyl halides is 1. The topological polar surface area (TPSA) is 12.0 Å². The average Bonchev–Trinajstić information content (AvgIpc) is 2.28. The quantitative estimate of drug-likeness (QED) is 0.748. The van der Waals surface area contributed by atoms with Crippen LogP contribution in [0.25, 0.3) is 0 Å². The molecule has 0 amide bonds. The van der Waals surface area contributed by atoms with Crippen molar-refractivity contribution < 1.29 is 0 Å². The molecule has 0 bridgehead atoms. The predicted molar refractivity (Wildman–Crippen MR) is 77.3 cm³/mol. The van der Waals surface area contributed by atoms with Gasteiger partial charge in [-0.2, -0.15) is 0 Å². The fourth-order valence-electron chi connectivity index (χ4n) is 1.71. The van der Waals surface area contributed by atoms with E-state index in [0.29, 0.717) is 22.9 Å². The van der Waals surface area contributed by atoms with Crippen LogP contribution in [0.2, 0.25) is 10.0 Å². The van der Waals surface area contributed by atoms with E-state index >= 15 is 0 Å². The Labute approximate surface area is 118 Å². The van der Waals surface area contributed by atoms with Crippen molar-refractivity contribution in [2.75, 3.05) is 5.88 Å². The summed E-state index contributed by atoms with van der Waals surface area (Å²) in [7, 11) is 0. The molecule has 0 aromatic heterocycles. The normalized spacial score (nSPS) is 13.1. The maximum Gasteiger partial charge on any atom is 0.0451 e. The average molecular weight is 295 g/mol. The molecule has 0 aliphatic rings. The fourth-order valence-corrected chi connectivity index (χ4v) is 2.32. The van der Waals surface area contributed by atoms with Crippen LogP contribution >= 0.6 is 34.8 Å². The molecule has 0 spiro atoms. The third kappa shape index (κ3) is 5.05. The summed E-state index contributed by atoms with van der Waals surface area (Å²) in [5, 5.41) is 4.94. The van der Waals surface area contributed by atoms with Gasteiger partial charge in [0.15, 0.2) is 0 Å². The molecule has 0 radical (unpaired) electrons. The highest BCUT2D eigenvalue weighted by Gasteiger charge is 2.12. The molecular weight excluding hydrogens is 277 g/mol. The van der Waals surface area contributed by atoms with Crippen LogP contribution in [0.5, 0.6) is 0 Å². The Morgan fingerprint density at radius 2 is 1.94 bits per heavy atom. The lowest BCUT2D eigenvalue weighted by atomic mass is 10.0. The summed E-state index contributed by atoms with van der Waals surface area (Å²) in [6, 6.07) is 5.93. The van der Waals surface area contributed by atoms with Gasteiger partial charge in [0.1, 0.15) is 0 Å². The number of hydrogen-bond acceptors (Lipinski definition) is 1. The van der Waals surface area contributed by atoms with E-state index in [-0.39, 0.29) is 0 Å². The molecule has 1 atom stereocenters. The van der Waals surface area contributed by atoms with Gasteiger partial charge in [0.2, 0.25) is 0 Å². The summed E-state index contributed by atoms with van der Waals surface area (Å²) < 4.78 is 0. The van der Waals surface area contributed by atoms with Crippen LogP contribution in [0.1, 0.15) is 25.8 Å². The van der Waals surface area contributed by atoms with E-state index in [1.54, 1.807) is 6.07 Å². The SMILES string of the molecule is CC(C)C(CCCl)NCc1cc(Cl)ccc1Cl. The lowest BCUT2D eigenvalue weighted by Gasteiger charge is -2.22. The maximum atomic E-state index is 6.11. The third-order valence-electron chi connectivity index (χ3n) is 2.79. The number of halogens is 3. The molecule has 1 aromatic carbocycles. The second-order valence-corrected chi connectivity index (χ2v) is 5.67. The summed E-state index contributed by atoms with van der Waals surface area (Å²) in [6.07, 6.45) is 0.956. The zero-order valence-corrected chi connectivity index (χ0v) is 12.4. The van der Waals surface area contributed by atoms with Crippen LogP contribution in [0.15, 0.2) is 18.2 Å². The Morgan fingerprint density at radius 3 is 2.53 bits per heavy atom. The Hall–Kier alpha value is 0.0500. The summed E-state index contributed by atoms with van der Waals surface area (Å²) in [4.78, 5) is 0. The van der Waals surface area contributed by atoms with Crippen molar-refractivity contribution >= 4 is 34.8 Å². The highest BCUT2D eigenvalue weighted by Crippen LogP contribution is 2.21. The zero-order chi connectivity index (χ0) is 12.8. The zero-order valence-electron chi connectivity index (χ0n) is 10.1. The van der Waals surface area contributed by atoms with Gasteiger partial charge in [-0.1, -0.05) is 37.0 Å². The first-order valence-electron chi connectivity index (χ1n) is 5.78. The van der Waals surface area contributed by atoms with Gasteiger partial charge in [-0.15, -0.1) is 11.6 Å². The summed E-state index contributed by atoms with van der Waals surface area (Å²) >= 11 is 17.9. The van der Waals surface area contributed by atoms with E-state index in [4.69, 9.17) is 34.8 Å². The summed E-state index contributed by atoms with van der Waals surface area (Å²) in [6.45, 7) is 5.09. The lowest BCUT2D eigenvalue weighted by molar-refractivity contribution is 0.389. The molecule has 1 aromatic rings. The molecule has 17 heavy (non-hydrogen) atoms.